The summed E-state index contributed by atoms with van der Waals surface area (Å²) < 4.78 is 7.76. The van der Waals surface area contributed by atoms with Crippen molar-refractivity contribution >= 4 is 40.9 Å². The molecule has 3 N–H and O–H groups in total. The van der Waals surface area contributed by atoms with E-state index < -0.39 is 5.97 Å². The maximum Gasteiger partial charge on any atom is 0.309 e. The van der Waals surface area contributed by atoms with Gasteiger partial charge in [0.1, 0.15) is 23.7 Å². The number of aryl methyl sites for hydroxylation is 1. The first-order chi connectivity index (χ1) is 19.2. The van der Waals surface area contributed by atoms with Crippen molar-refractivity contribution in [2.75, 3.05) is 0 Å². The molecule has 0 fully saturated rings. The number of benzene rings is 2. The number of aliphatic hydroxyl groups excluding tert-OH is 1. The van der Waals surface area contributed by atoms with Gasteiger partial charge in [0.15, 0.2) is 18.5 Å². The van der Waals surface area contributed by atoms with Gasteiger partial charge in [-0.15, -0.1) is 0 Å². The SMILES string of the molecule is C/C(C1=C(O)C(=Cc2cc[n+](CCC(=O)O)cc2O)C1=O)=C1/C=C(c2ccccc2)OC(c2ccccc2Cl)=C1. The molecule has 0 saturated carbocycles. The minimum absolute atomic E-state index is 0.0724. The molecule has 0 spiro atoms. The van der Waals surface area contributed by atoms with Crippen molar-refractivity contribution in [3.8, 4) is 5.75 Å². The van der Waals surface area contributed by atoms with Gasteiger partial charge in [0.2, 0.25) is 12.0 Å². The van der Waals surface area contributed by atoms with Gasteiger partial charge in [0.05, 0.1) is 16.2 Å². The zero-order chi connectivity index (χ0) is 28.4. The lowest BCUT2D eigenvalue weighted by Crippen LogP contribution is -2.33. The van der Waals surface area contributed by atoms with Crippen molar-refractivity contribution in [3.05, 3.63) is 135 Å². The summed E-state index contributed by atoms with van der Waals surface area (Å²) in [6.45, 7) is 1.94. The fourth-order valence-corrected chi connectivity index (χ4v) is 4.71. The number of ether oxygens (including phenoxy) is 1. The van der Waals surface area contributed by atoms with Gasteiger partial charge in [-0.2, -0.15) is 0 Å². The second kappa shape index (κ2) is 11.1. The Balaban J connectivity index is 1.53. The number of aliphatic hydroxyl groups is 1. The maximum atomic E-state index is 13.2. The monoisotopic (exact) mass is 554 g/mol. The number of rotatable bonds is 7. The van der Waals surface area contributed by atoms with Crippen LogP contribution in [0.1, 0.15) is 30.0 Å². The molecule has 2 heterocycles. The summed E-state index contributed by atoms with van der Waals surface area (Å²) in [6.07, 6.45) is 7.91. The Morgan fingerprint density at radius 2 is 1.70 bits per heavy atom. The molecule has 0 unspecified atom stereocenters. The van der Waals surface area contributed by atoms with Crippen molar-refractivity contribution in [2.45, 2.75) is 19.9 Å². The number of carbonyl (C=O) groups is 2. The smallest absolute Gasteiger partial charge is 0.309 e. The molecule has 3 aromatic rings. The number of carboxylic acids is 1. The number of carboxylic acid groups (broad SMARTS) is 1. The largest absolute Gasteiger partial charge is 0.506 e. The summed E-state index contributed by atoms with van der Waals surface area (Å²) in [5.41, 5.74) is 3.33. The summed E-state index contributed by atoms with van der Waals surface area (Å²) >= 11 is 6.46. The van der Waals surface area contributed by atoms with Crippen LogP contribution in [0.4, 0.5) is 0 Å². The van der Waals surface area contributed by atoms with E-state index in [0.717, 1.165) is 5.56 Å². The van der Waals surface area contributed by atoms with Gasteiger partial charge in [-0.25, -0.2) is 4.57 Å². The van der Waals surface area contributed by atoms with Crippen LogP contribution in [0.25, 0.3) is 17.6 Å². The van der Waals surface area contributed by atoms with E-state index >= 15 is 0 Å². The van der Waals surface area contributed by atoms with E-state index in [1.807, 2.05) is 54.6 Å². The van der Waals surface area contributed by atoms with E-state index in [0.29, 0.717) is 38.8 Å². The van der Waals surface area contributed by atoms with Gasteiger partial charge >= 0.3 is 5.97 Å². The number of nitrogens with zero attached hydrogens (tertiary/aromatic N) is 1. The van der Waals surface area contributed by atoms with Crippen LogP contribution in [0.15, 0.2) is 113 Å². The normalized spacial score (nSPS) is 17.1. The van der Waals surface area contributed by atoms with Crippen LogP contribution >= 0.6 is 11.6 Å². The molecular formula is C32H25ClNO6+. The molecule has 0 bridgehead atoms. The van der Waals surface area contributed by atoms with Crippen molar-refractivity contribution in [3.63, 3.8) is 0 Å². The van der Waals surface area contributed by atoms with Crippen LogP contribution in [-0.4, -0.2) is 27.1 Å². The van der Waals surface area contributed by atoms with Gasteiger partial charge in [-0.3, -0.25) is 9.59 Å². The summed E-state index contributed by atoms with van der Waals surface area (Å²) in [7, 11) is 0. The van der Waals surface area contributed by atoms with Crippen molar-refractivity contribution < 1.29 is 34.2 Å². The molecule has 200 valence electrons. The minimum Gasteiger partial charge on any atom is -0.506 e. The molecule has 7 nitrogen and oxygen atoms in total. The molecule has 0 atom stereocenters. The second-order valence-corrected chi connectivity index (χ2v) is 9.73. The molecule has 2 aromatic carbocycles. The number of aromatic nitrogens is 1. The minimum atomic E-state index is -0.950. The average molecular weight is 555 g/mol. The highest BCUT2D eigenvalue weighted by atomic mass is 35.5. The zero-order valence-electron chi connectivity index (χ0n) is 21.5. The standard InChI is InChI=1S/C32H24ClNO6/c1-19(30-31(38)24(32(30)39)15-21-11-13-34(18-26(21)35)14-12-29(36)37)22-16-27(20-7-3-2-4-8-20)40-28(17-22)23-9-5-6-10-25(23)33/h2-11,13,15-18H,12,14H2,1H3,(H2-,35,36,37,38,39)/p+1/b22-19+. The number of hydrogen-bond donors (Lipinski definition) is 3. The first-order valence-electron chi connectivity index (χ1n) is 12.5. The Morgan fingerprint density at radius 3 is 2.38 bits per heavy atom. The number of halogens is 1. The van der Waals surface area contributed by atoms with Crippen molar-refractivity contribution in [1.82, 2.24) is 0 Å². The summed E-state index contributed by atoms with van der Waals surface area (Å²) in [5.74, 6) is -0.551. The summed E-state index contributed by atoms with van der Waals surface area (Å²) in [5, 5.41) is 30.7. The molecule has 8 heteroatoms. The fraction of sp³-hybridized carbons (Fsp3) is 0.0938. The summed E-state index contributed by atoms with van der Waals surface area (Å²) in [4.78, 5) is 24.0. The number of aromatic hydroxyl groups is 1. The maximum absolute atomic E-state index is 13.2. The van der Waals surface area contributed by atoms with Gasteiger partial charge < -0.3 is 20.1 Å². The van der Waals surface area contributed by atoms with Crippen LogP contribution < -0.4 is 4.57 Å². The van der Waals surface area contributed by atoms with E-state index in [4.69, 9.17) is 21.4 Å². The first kappa shape index (κ1) is 26.7. The highest BCUT2D eigenvalue weighted by molar-refractivity contribution is 6.32. The lowest BCUT2D eigenvalue weighted by atomic mass is 9.80. The third-order valence-corrected chi connectivity index (χ3v) is 7.01. The second-order valence-electron chi connectivity index (χ2n) is 9.32. The fourth-order valence-electron chi connectivity index (χ4n) is 4.48. The topological polar surface area (TPSA) is 108 Å². The Morgan fingerprint density at radius 1 is 1.00 bits per heavy atom. The number of pyridine rings is 1. The third-order valence-electron chi connectivity index (χ3n) is 6.68. The summed E-state index contributed by atoms with van der Waals surface area (Å²) in [6, 6.07) is 18.4. The van der Waals surface area contributed by atoms with E-state index in [1.165, 1.54) is 16.8 Å². The first-order valence-corrected chi connectivity index (χ1v) is 12.9. The Bertz CT molecular complexity index is 1700. The molecule has 1 aliphatic carbocycles. The molecule has 1 aliphatic heterocycles. The van der Waals surface area contributed by atoms with Gasteiger partial charge in [0.25, 0.3) is 0 Å². The van der Waals surface area contributed by atoms with Crippen LogP contribution in [0.3, 0.4) is 0 Å². The Kier molecular flexibility index (Phi) is 7.40. The predicted molar refractivity (Wildman–Crippen MR) is 151 cm³/mol. The van der Waals surface area contributed by atoms with E-state index in [1.54, 1.807) is 31.3 Å². The molecule has 2 aliphatic rings. The number of carbonyl (C=O) groups excluding carboxylic acids is 1. The van der Waals surface area contributed by atoms with Crippen LogP contribution in [0, 0.1) is 0 Å². The lowest BCUT2D eigenvalue weighted by molar-refractivity contribution is -0.696. The third kappa shape index (κ3) is 5.32. The van der Waals surface area contributed by atoms with Gasteiger partial charge in [0, 0.05) is 22.8 Å². The number of hydrogen-bond acceptors (Lipinski definition) is 5. The molecule has 0 radical (unpaired) electrons. The zero-order valence-corrected chi connectivity index (χ0v) is 22.2. The molecule has 5 rings (SSSR count). The molecule has 40 heavy (non-hydrogen) atoms. The molecule has 0 saturated heterocycles. The Hall–Kier alpha value is -4.88. The van der Waals surface area contributed by atoms with Crippen molar-refractivity contribution in [2.24, 2.45) is 0 Å². The van der Waals surface area contributed by atoms with Crippen molar-refractivity contribution in [1.29, 1.82) is 0 Å². The molecule has 1 aromatic heterocycles. The molecular weight excluding hydrogens is 530 g/mol. The quantitative estimate of drug-likeness (QED) is 0.244. The predicted octanol–water partition coefficient (Wildman–Crippen LogP) is 6.01. The molecule has 0 amide bonds. The number of aliphatic carboxylic acids is 1. The van der Waals surface area contributed by atoms with Gasteiger partial charge in [-0.05, 0) is 48.4 Å². The number of allylic oxidation sites excluding steroid dienone is 6. The van der Waals surface area contributed by atoms with Gasteiger partial charge in [-0.1, -0.05) is 54.1 Å². The number of ketones is 1. The van der Waals surface area contributed by atoms with Crippen LogP contribution in [-0.2, 0) is 20.9 Å². The number of Topliss-reactive ketones (excluding diaryl/α,β-unsaturated/α-hetero) is 1. The lowest BCUT2D eigenvalue weighted by Gasteiger charge is -2.25. The van der Waals surface area contributed by atoms with E-state index in [9.17, 15) is 19.8 Å². The Labute approximate surface area is 235 Å². The highest BCUT2D eigenvalue weighted by Gasteiger charge is 2.36. The average Bonchev–Trinajstić information content (AvgIpc) is 2.96. The van der Waals surface area contributed by atoms with Crippen LogP contribution in [0.5, 0.6) is 5.75 Å². The van der Waals surface area contributed by atoms with E-state index in [-0.39, 0.29) is 41.4 Å². The van der Waals surface area contributed by atoms with Crippen LogP contribution in [0.2, 0.25) is 5.02 Å². The van der Waals surface area contributed by atoms with E-state index in [2.05, 4.69) is 0 Å². The highest BCUT2D eigenvalue weighted by Crippen LogP contribution is 2.41.